The highest BCUT2D eigenvalue weighted by molar-refractivity contribution is 6.30. The lowest BCUT2D eigenvalue weighted by atomic mass is 10.0. The van der Waals surface area contributed by atoms with Gasteiger partial charge in [0, 0.05) is 16.6 Å². The lowest BCUT2D eigenvalue weighted by molar-refractivity contribution is -0.937. The average molecular weight is 402 g/mol. The first-order valence-electron chi connectivity index (χ1n) is 9.75. The molecule has 7 nitrogen and oxygen atoms in total. The normalized spacial score (nSPS) is 16.6. The van der Waals surface area contributed by atoms with E-state index in [2.05, 4.69) is 40.3 Å². The molecule has 4 rings (SSSR count). The quantitative estimate of drug-likeness (QED) is 0.685. The van der Waals surface area contributed by atoms with Gasteiger partial charge in [0.2, 0.25) is 5.82 Å². The first-order chi connectivity index (χ1) is 13.6. The summed E-state index contributed by atoms with van der Waals surface area (Å²) in [4.78, 5) is 3.92. The van der Waals surface area contributed by atoms with Gasteiger partial charge in [0.25, 0.3) is 0 Å². The first kappa shape index (κ1) is 19.0. The molecule has 1 aliphatic rings. The molecule has 3 heterocycles. The minimum atomic E-state index is 0.242. The van der Waals surface area contributed by atoms with Crippen molar-refractivity contribution in [2.45, 2.75) is 26.4 Å². The molecule has 148 valence electrons. The average Bonchev–Trinajstić information content (AvgIpc) is 3.35. The van der Waals surface area contributed by atoms with Gasteiger partial charge in [-0.3, -0.25) is 0 Å². The standard InChI is InChI=1S/C20H25ClN6O/c1-15(2)19(20-22-23-24-27(20)14-18-7-4-12-28-18)26-10-8-25(9-11-26)17-6-3-5-16(21)13-17/h3-7,12-13,15,19H,8-11,14H2,1-2H3/p+1/t19-/m1/s1. The number of tetrazole rings is 1. The Balaban J connectivity index is 1.49. The van der Waals surface area contributed by atoms with Gasteiger partial charge in [-0.05, 0) is 40.8 Å². The van der Waals surface area contributed by atoms with Gasteiger partial charge in [-0.1, -0.05) is 31.5 Å². The Kier molecular flexibility index (Phi) is 5.64. The highest BCUT2D eigenvalue weighted by Gasteiger charge is 2.35. The van der Waals surface area contributed by atoms with Gasteiger partial charge in [-0.15, -0.1) is 5.10 Å². The van der Waals surface area contributed by atoms with Crippen LogP contribution in [0, 0.1) is 5.92 Å². The fraction of sp³-hybridized carbons (Fsp3) is 0.450. The second kappa shape index (κ2) is 8.32. The highest BCUT2D eigenvalue weighted by Crippen LogP contribution is 2.21. The maximum atomic E-state index is 6.16. The maximum absolute atomic E-state index is 6.16. The molecular weight excluding hydrogens is 376 g/mol. The Bertz CT molecular complexity index is 886. The zero-order valence-corrected chi connectivity index (χ0v) is 17.0. The van der Waals surface area contributed by atoms with Gasteiger partial charge in [-0.2, -0.15) is 0 Å². The molecule has 0 unspecified atom stereocenters. The van der Waals surface area contributed by atoms with E-state index in [1.165, 1.54) is 10.6 Å². The van der Waals surface area contributed by atoms with E-state index in [1.54, 1.807) is 6.26 Å². The van der Waals surface area contributed by atoms with Crippen LogP contribution in [0.15, 0.2) is 47.1 Å². The smallest absolute Gasteiger partial charge is 0.210 e. The van der Waals surface area contributed by atoms with Gasteiger partial charge in [0.1, 0.15) is 12.3 Å². The third kappa shape index (κ3) is 4.05. The molecule has 1 aliphatic heterocycles. The number of anilines is 1. The van der Waals surface area contributed by atoms with E-state index in [-0.39, 0.29) is 6.04 Å². The van der Waals surface area contributed by atoms with Crippen LogP contribution in [-0.2, 0) is 6.54 Å². The van der Waals surface area contributed by atoms with Crippen LogP contribution in [0.1, 0.15) is 31.5 Å². The van der Waals surface area contributed by atoms with Crippen molar-refractivity contribution in [2.75, 3.05) is 31.1 Å². The molecule has 28 heavy (non-hydrogen) atoms. The van der Waals surface area contributed by atoms with Gasteiger partial charge >= 0.3 is 0 Å². The Morgan fingerprint density at radius 2 is 2.00 bits per heavy atom. The molecule has 1 atom stereocenters. The van der Waals surface area contributed by atoms with Crippen molar-refractivity contribution in [1.29, 1.82) is 0 Å². The molecule has 0 bridgehead atoms. The maximum Gasteiger partial charge on any atom is 0.210 e. The van der Waals surface area contributed by atoms with Gasteiger partial charge in [-0.25, -0.2) is 4.68 Å². The predicted octanol–water partition coefficient (Wildman–Crippen LogP) is 2.07. The SMILES string of the molecule is CC(C)[C@H](c1nnnn1Cc1ccco1)[NH+]1CCN(c2cccc(Cl)c2)CC1. The number of nitrogens with zero attached hydrogens (tertiary/aromatic N) is 5. The fourth-order valence-electron chi connectivity index (χ4n) is 4.09. The molecule has 1 aromatic carbocycles. The van der Waals surface area contributed by atoms with E-state index in [0.29, 0.717) is 12.5 Å². The largest absolute Gasteiger partial charge is 0.467 e. The summed E-state index contributed by atoms with van der Waals surface area (Å²) in [7, 11) is 0. The van der Waals surface area contributed by atoms with Crippen LogP contribution in [0.4, 0.5) is 5.69 Å². The summed E-state index contributed by atoms with van der Waals surface area (Å²) in [6, 6.07) is 12.2. The number of rotatable bonds is 6. The zero-order valence-electron chi connectivity index (χ0n) is 16.3. The molecule has 0 amide bonds. The minimum absolute atomic E-state index is 0.242. The summed E-state index contributed by atoms with van der Waals surface area (Å²) >= 11 is 6.16. The van der Waals surface area contributed by atoms with E-state index < -0.39 is 0 Å². The van der Waals surface area contributed by atoms with Crippen molar-refractivity contribution in [3.63, 3.8) is 0 Å². The molecule has 2 aromatic heterocycles. The summed E-state index contributed by atoms with van der Waals surface area (Å²) in [6.07, 6.45) is 1.68. The van der Waals surface area contributed by atoms with Crippen LogP contribution in [0.5, 0.6) is 0 Å². The monoisotopic (exact) mass is 401 g/mol. The lowest BCUT2D eigenvalue weighted by Gasteiger charge is -2.38. The molecule has 8 heteroatoms. The fourth-order valence-corrected chi connectivity index (χ4v) is 4.27. The van der Waals surface area contributed by atoms with Crippen LogP contribution >= 0.6 is 11.6 Å². The summed E-state index contributed by atoms with van der Waals surface area (Å²) in [5.74, 6) is 2.21. The minimum Gasteiger partial charge on any atom is -0.467 e. The van der Waals surface area contributed by atoms with Crippen LogP contribution < -0.4 is 9.80 Å². The molecule has 0 aliphatic carbocycles. The number of quaternary nitrogens is 1. The van der Waals surface area contributed by atoms with E-state index in [0.717, 1.165) is 42.8 Å². The summed E-state index contributed by atoms with van der Waals surface area (Å²) in [5, 5.41) is 13.3. The molecule has 1 fully saturated rings. The lowest BCUT2D eigenvalue weighted by Crippen LogP contribution is -3.15. The Morgan fingerprint density at radius 1 is 1.18 bits per heavy atom. The summed E-state index contributed by atoms with van der Waals surface area (Å²) in [5.41, 5.74) is 1.19. The Labute approximate surface area is 169 Å². The van der Waals surface area contributed by atoms with Crippen molar-refractivity contribution in [2.24, 2.45) is 5.92 Å². The van der Waals surface area contributed by atoms with Gasteiger partial charge < -0.3 is 14.2 Å². The van der Waals surface area contributed by atoms with E-state index in [1.807, 2.05) is 35.0 Å². The number of nitrogens with one attached hydrogen (secondary N) is 1. The summed E-state index contributed by atoms with van der Waals surface area (Å²) in [6.45, 7) is 9.07. The summed E-state index contributed by atoms with van der Waals surface area (Å²) < 4.78 is 7.35. The Hall–Kier alpha value is -2.38. The number of aromatic nitrogens is 4. The number of piperazine rings is 1. The molecule has 0 saturated carbocycles. The first-order valence-corrected chi connectivity index (χ1v) is 10.1. The van der Waals surface area contributed by atoms with Crippen molar-refractivity contribution < 1.29 is 9.32 Å². The third-order valence-electron chi connectivity index (χ3n) is 5.41. The van der Waals surface area contributed by atoms with E-state index in [9.17, 15) is 0 Å². The molecule has 0 radical (unpaired) electrons. The molecule has 3 aromatic rings. The van der Waals surface area contributed by atoms with Gasteiger partial charge in [0.15, 0.2) is 6.04 Å². The van der Waals surface area contributed by atoms with Crippen LogP contribution in [-0.4, -0.2) is 46.4 Å². The Morgan fingerprint density at radius 3 is 2.68 bits per heavy atom. The van der Waals surface area contributed by atoms with Crippen molar-refractivity contribution in [3.8, 4) is 0 Å². The predicted molar refractivity (Wildman–Crippen MR) is 108 cm³/mol. The molecular formula is C20H26ClN6O+. The number of halogens is 1. The molecule has 0 spiro atoms. The molecule has 1 saturated heterocycles. The van der Waals surface area contributed by atoms with Crippen LogP contribution in [0.2, 0.25) is 5.02 Å². The van der Waals surface area contributed by atoms with E-state index >= 15 is 0 Å². The number of hydrogen-bond acceptors (Lipinski definition) is 5. The topological polar surface area (TPSA) is 64.4 Å². The zero-order chi connectivity index (χ0) is 19.5. The highest BCUT2D eigenvalue weighted by atomic mass is 35.5. The van der Waals surface area contributed by atoms with Crippen molar-refractivity contribution in [1.82, 2.24) is 20.2 Å². The second-order valence-corrected chi connectivity index (χ2v) is 8.06. The second-order valence-electron chi connectivity index (χ2n) is 7.62. The van der Waals surface area contributed by atoms with Crippen molar-refractivity contribution >= 4 is 17.3 Å². The third-order valence-corrected chi connectivity index (χ3v) is 5.64. The van der Waals surface area contributed by atoms with Crippen LogP contribution in [0.25, 0.3) is 0 Å². The number of hydrogen-bond donors (Lipinski definition) is 1. The number of benzene rings is 1. The number of furan rings is 1. The van der Waals surface area contributed by atoms with Crippen LogP contribution in [0.3, 0.4) is 0 Å². The van der Waals surface area contributed by atoms with Crippen molar-refractivity contribution in [3.05, 3.63) is 59.3 Å². The van der Waals surface area contributed by atoms with Gasteiger partial charge in [0.05, 0.1) is 32.4 Å². The van der Waals surface area contributed by atoms with E-state index in [4.69, 9.17) is 16.0 Å². The molecule has 1 N–H and O–H groups in total.